The molecule has 3 heterocycles. The van der Waals surface area contributed by atoms with Crippen molar-refractivity contribution in [1.82, 2.24) is 24.7 Å². The van der Waals surface area contributed by atoms with Gasteiger partial charge in [-0.1, -0.05) is 31.2 Å². The summed E-state index contributed by atoms with van der Waals surface area (Å²) in [7, 11) is 1.63. The molecule has 0 aliphatic carbocycles. The van der Waals surface area contributed by atoms with Gasteiger partial charge >= 0.3 is 0 Å². The largest absolute Gasteiger partial charge is 0.495 e. The molecule has 33 heavy (non-hydrogen) atoms. The van der Waals surface area contributed by atoms with Crippen LogP contribution >= 0.6 is 0 Å². The van der Waals surface area contributed by atoms with E-state index in [4.69, 9.17) is 9.72 Å². The first-order valence-electron chi connectivity index (χ1n) is 10.8. The second kappa shape index (κ2) is 8.50. The van der Waals surface area contributed by atoms with Gasteiger partial charge in [-0.3, -0.25) is 4.57 Å². The summed E-state index contributed by atoms with van der Waals surface area (Å²) in [5.74, 6) is 3.27. The van der Waals surface area contributed by atoms with Crippen LogP contribution in [0, 0.1) is 12.7 Å². The Balaban J connectivity index is 1.60. The summed E-state index contributed by atoms with van der Waals surface area (Å²) in [4.78, 5) is 11.6. The minimum absolute atomic E-state index is 0.0437. The fraction of sp³-hybridized carbons (Fsp3) is 0.250. The first kappa shape index (κ1) is 20.9. The normalized spacial score (nSPS) is 14.5. The van der Waals surface area contributed by atoms with Crippen molar-refractivity contribution in [1.29, 1.82) is 0 Å². The topological polar surface area (TPSA) is 81.0 Å². The molecule has 4 aromatic rings. The number of aryl methyl sites for hydroxylation is 1. The maximum absolute atomic E-state index is 13.5. The summed E-state index contributed by atoms with van der Waals surface area (Å²) in [5.41, 5.74) is 2.56. The molecule has 1 atom stereocenters. The first-order chi connectivity index (χ1) is 16.1. The zero-order chi connectivity index (χ0) is 22.9. The molecule has 0 saturated carbocycles. The predicted molar refractivity (Wildman–Crippen MR) is 124 cm³/mol. The van der Waals surface area contributed by atoms with Crippen molar-refractivity contribution in [2.24, 2.45) is 0 Å². The standard InChI is InChI=1S/C24H24FN7O/c1-4-19-23-30-29-15(2)32(23)20-13-26-24(27-18-7-5-6-8-21(18)33-3)28-22(20)31(19)14-16-9-11-17(25)12-10-16/h5-13,19H,4,14H2,1-3H3,(H,26,27,28)/t19-/m1/s1. The minimum Gasteiger partial charge on any atom is -0.495 e. The molecule has 0 amide bonds. The number of benzene rings is 2. The molecule has 8 nitrogen and oxygen atoms in total. The lowest BCUT2D eigenvalue weighted by atomic mass is 10.1. The highest BCUT2D eigenvalue weighted by Gasteiger charge is 2.35. The lowest BCUT2D eigenvalue weighted by Gasteiger charge is -2.37. The van der Waals surface area contributed by atoms with Crippen LogP contribution in [0.25, 0.3) is 5.69 Å². The Morgan fingerprint density at radius 3 is 2.64 bits per heavy atom. The van der Waals surface area contributed by atoms with E-state index < -0.39 is 0 Å². The van der Waals surface area contributed by atoms with Crippen LogP contribution in [0.3, 0.4) is 0 Å². The van der Waals surface area contributed by atoms with Gasteiger partial charge in [-0.05, 0) is 43.2 Å². The van der Waals surface area contributed by atoms with Crippen LogP contribution in [-0.4, -0.2) is 31.8 Å². The number of hydrogen-bond donors (Lipinski definition) is 1. The minimum atomic E-state index is -0.258. The number of nitrogens with one attached hydrogen (secondary N) is 1. The van der Waals surface area contributed by atoms with Gasteiger partial charge < -0.3 is 15.0 Å². The summed E-state index contributed by atoms with van der Waals surface area (Å²) in [6.45, 7) is 4.57. The molecule has 0 radical (unpaired) electrons. The van der Waals surface area contributed by atoms with Crippen LogP contribution in [-0.2, 0) is 6.54 Å². The monoisotopic (exact) mass is 445 g/mol. The van der Waals surface area contributed by atoms with Gasteiger partial charge in [-0.25, -0.2) is 9.37 Å². The summed E-state index contributed by atoms with van der Waals surface area (Å²) < 4.78 is 21.0. The van der Waals surface area contributed by atoms with Crippen LogP contribution in [0.15, 0.2) is 54.7 Å². The molecule has 0 unspecified atom stereocenters. The van der Waals surface area contributed by atoms with Gasteiger partial charge in [0.1, 0.15) is 23.1 Å². The molecule has 0 fully saturated rings. The fourth-order valence-electron chi connectivity index (χ4n) is 4.22. The zero-order valence-corrected chi connectivity index (χ0v) is 18.7. The molecule has 0 bridgehead atoms. The molecule has 1 N–H and O–H groups in total. The van der Waals surface area contributed by atoms with Crippen LogP contribution in [0.5, 0.6) is 5.75 Å². The summed E-state index contributed by atoms with van der Waals surface area (Å²) in [5, 5.41) is 12.0. The van der Waals surface area contributed by atoms with Gasteiger partial charge in [0.25, 0.3) is 0 Å². The molecule has 168 valence electrons. The number of halogens is 1. The van der Waals surface area contributed by atoms with E-state index in [0.717, 1.165) is 40.8 Å². The lowest BCUT2D eigenvalue weighted by molar-refractivity contribution is 0.417. The van der Waals surface area contributed by atoms with E-state index in [1.165, 1.54) is 12.1 Å². The number of aromatic nitrogens is 5. The van der Waals surface area contributed by atoms with Crippen LogP contribution in [0.1, 0.15) is 36.6 Å². The Bertz CT molecular complexity index is 1290. The number of ether oxygens (including phenoxy) is 1. The Morgan fingerprint density at radius 1 is 1.09 bits per heavy atom. The molecule has 2 aromatic heterocycles. The van der Waals surface area contributed by atoms with Crippen LogP contribution in [0.2, 0.25) is 0 Å². The Hall–Kier alpha value is -4.01. The van der Waals surface area contributed by atoms with Gasteiger partial charge in [0.15, 0.2) is 11.6 Å². The molecule has 0 saturated heterocycles. The van der Waals surface area contributed by atoms with Crippen molar-refractivity contribution in [2.75, 3.05) is 17.3 Å². The number of anilines is 3. The smallest absolute Gasteiger partial charge is 0.229 e. The fourth-order valence-corrected chi connectivity index (χ4v) is 4.22. The van der Waals surface area contributed by atoms with E-state index >= 15 is 0 Å². The second-order valence-corrected chi connectivity index (χ2v) is 7.85. The average molecular weight is 446 g/mol. The summed E-state index contributed by atoms with van der Waals surface area (Å²) >= 11 is 0. The second-order valence-electron chi connectivity index (χ2n) is 7.85. The van der Waals surface area contributed by atoms with Gasteiger partial charge in [0.2, 0.25) is 5.95 Å². The van der Waals surface area contributed by atoms with Crippen molar-refractivity contribution in [3.63, 3.8) is 0 Å². The highest BCUT2D eigenvalue weighted by Crippen LogP contribution is 2.40. The van der Waals surface area contributed by atoms with Gasteiger partial charge in [-0.2, -0.15) is 4.98 Å². The maximum Gasteiger partial charge on any atom is 0.229 e. The molecule has 0 spiro atoms. The van der Waals surface area contributed by atoms with Crippen LogP contribution in [0.4, 0.5) is 21.8 Å². The van der Waals surface area contributed by atoms with Gasteiger partial charge in [-0.15, -0.1) is 10.2 Å². The van der Waals surface area contributed by atoms with E-state index in [2.05, 4.69) is 32.3 Å². The first-order valence-corrected chi connectivity index (χ1v) is 10.8. The highest BCUT2D eigenvalue weighted by atomic mass is 19.1. The third-order valence-electron chi connectivity index (χ3n) is 5.79. The molecule has 1 aliphatic heterocycles. The van der Waals surface area contributed by atoms with E-state index in [9.17, 15) is 4.39 Å². The van der Waals surface area contributed by atoms with Crippen molar-refractivity contribution in [3.05, 3.63) is 77.8 Å². The van der Waals surface area contributed by atoms with Crippen molar-refractivity contribution >= 4 is 17.5 Å². The number of fused-ring (bicyclic) bond motifs is 3. The molecule has 9 heteroatoms. The van der Waals surface area contributed by atoms with Crippen molar-refractivity contribution in [2.45, 2.75) is 32.9 Å². The number of para-hydroxylation sites is 2. The maximum atomic E-state index is 13.5. The van der Waals surface area contributed by atoms with Crippen molar-refractivity contribution < 1.29 is 9.13 Å². The number of nitrogens with zero attached hydrogens (tertiary/aromatic N) is 6. The third kappa shape index (κ3) is 3.75. The van der Waals surface area contributed by atoms with E-state index in [0.29, 0.717) is 18.2 Å². The average Bonchev–Trinajstić information content (AvgIpc) is 3.22. The van der Waals surface area contributed by atoms with Crippen molar-refractivity contribution in [3.8, 4) is 11.4 Å². The predicted octanol–water partition coefficient (Wildman–Crippen LogP) is 4.73. The summed E-state index contributed by atoms with van der Waals surface area (Å²) in [6, 6.07) is 14.1. The number of hydrogen-bond acceptors (Lipinski definition) is 7. The third-order valence-corrected chi connectivity index (χ3v) is 5.79. The van der Waals surface area contributed by atoms with Gasteiger partial charge in [0, 0.05) is 6.54 Å². The molecule has 1 aliphatic rings. The Labute approximate surface area is 191 Å². The quantitative estimate of drug-likeness (QED) is 0.460. The van der Waals surface area contributed by atoms with E-state index in [-0.39, 0.29) is 11.9 Å². The van der Waals surface area contributed by atoms with Gasteiger partial charge in [0.05, 0.1) is 25.0 Å². The molecule has 5 rings (SSSR count). The summed E-state index contributed by atoms with van der Waals surface area (Å²) in [6.07, 6.45) is 2.58. The lowest BCUT2D eigenvalue weighted by Crippen LogP contribution is -2.35. The highest BCUT2D eigenvalue weighted by molar-refractivity contribution is 5.67. The molecular formula is C24H24FN7O. The Kier molecular flexibility index (Phi) is 5.37. The van der Waals surface area contributed by atoms with E-state index in [1.54, 1.807) is 25.4 Å². The van der Waals surface area contributed by atoms with Crippen LogP contribution < -0.4 is 15.0 Å². The van der Waals surface area contributed by atoms with E-state index in [1.807, 2.05) is 35.8 Å². The Morgan fingerprint density at radius 2 is 1.88 bits per heavy atom. The SMILES string of the molecule is CC[C@@H]1c2nnc(C)n2-c2cnc(Nc3ccccc3OC)nc2N1Cc1ccc(F)cc1. The molecule has 2 aromatic carbocycles. The number of methoxy groups -OCH3 is 1. The number of rotatable bonds is 6. The zero-order valence-electron chi connectivity index (χ0n) is 18.7. The molecular weight excluding hydrogens is 421 g/mol.